The molecule has 0 saturated carbocycles. The molecule has 0 radical (unpaired) electrons. The van der Waals surface area contributed by atoms with Crippen molar-refractivity contribution in [2.24, 2.45) is 0 Å². The van der Waals surface area contributed by atoms with Gasteiger partial charge in [-0.1, -0.05) is 23.7 Å². The Balaban J connectivity index is 2.61. The minimum absolute atomic E-state index is 0.135. The maximum Gasteiger partial charge on any atom is 0.146 e. The minimum atomic E-state index is -0.392. The van der Waals surface area contributed by atoms with E-state index in [-0.39, 0.29) is 5.02 Å². The van der Waals surface area contributed by atoms with Crippen molar-refractivity contribution in [1.29, 1.82) is 0 Å². The van der Waals surface area contributed by atoms with E-state index in [0.29, 0.717) is 18.7 Å². The third-order valence-electron chi connectivity index (χ3n) is 1.54. The maximum atomic E-state index is 13.2. The van der Waals surface area contributed by atoms with E-state index < -0.39 is 5.82 Å². The van der Waals surface area contributed by atoms with Gasteiger partial charge in [0.1, 0.15) is 5.82 Å². The first-order chi connectivity index (χ1) is 6.25. The smallest absolute Gasteiger partial charge is 0.146 e. The number of rotatable bonds is 4. The van der Waals surface area contributed by atoms with Crippen LogP contribution in [0, 0.1) is 5.82 Å². The lowest BCUT2D eigenvalue weighted by molar-refractivity contribution is 0.0457. The van der Waals surface area contributed by atoms with Crippen molar-refractivity contribution in [1.82, 2.24) is 5.48 Å². The van der Waals surface area contributed by atoms with Crippen molar-refractivity contribution < 1.29 is 9.23 Å². The molecule has 0 aliphatic heterocycles. The molecular weight excluding hydrogens is 193 g/mol. The van der Waals surface area contributed by atoms with Gasteiger partial charge in [0.2, 0.25) is 0 Å². The number of nitrogens with one attached hydrogen (secondary N) is 1. The fraction of sp³-hybridized carbons (Fsp3) is 0.333. The Kier molecular flexibility index (Phi) is 4.15. The molecule has 0 aromatic heterocycles. The summed E-state index contributed by atoms with van der Waals surface area (Å²) in [5.41, 5.74) is 3.12. The zero-order chi connectivity index (χ0) is 9.68. The van der Waals surface area contributed by atoms with E-state index in [1.807, 2.05) is 6.92 Å². The highest BCUT2D eigenvalue weighted by atomic mass is 35.5. The molecule has 72 valence electrons. The standard InChI is InChI=1S/C9H11ClFNO/c1-2-13-12-6-7-4-3-5-8(10)9(7)11/h3-5,12H,2,6H2,1H3. The van der Waals surface area contributed by atoms with E-state index in [2.05, 4.69) is 5.48 Å². The molecule has 1 aromatic rings. The van der Waals surface area contributed by atoms with Gasteiger partial charge >= 0.3 is 0 Å². The van der Waals surface area contributed by atoms with Crippen LogP contribution in [0.25, 0.3) is 0 Å². The lowest BCUT2D eigenvalue weighted by atomic mass is 10.2. The molecule has 13 heavy (non-hydrogen) atoms. The molecule has 1 rings (SSSR count). The normalized spacial score (nSPS) is 10.4. The van der Waals surface area contributed by atoms with Crippen molar-refractivity contribution in [3.05, 3.63) is 34.6 Å². The van der Waals surface area contributed by atoms with Crippen LogP contribution in [0.1, 0.15) is 12.5 Å². The highest BCUT2D eigenvalue weighted by Gasteiger charge is 2.04. The second-order valence-electron chi connectivity index (χ2n) is 2.47. The molecule has 4 heteroatoms. The van der Waals surface area contributed by atoms with Gasteiger partial charge in [-0.25, -0.2) is 4.39 Å². The SMILES string of the molecule is CCONCc1cccc(Cl)c1F. The van der Waals surface area contributed by atoms with Crippen molar-refractivity contribution in [2.45, 2.75) is 13.5 Å². The Morgan fingerprint density at radius 1 is 1.54 bits per heavy atom. The summed E-state index contributed by atoms with van der Waals surface area (Å²) in [5, 5.41) is 0.135. The molecule has 1 N–H and O–H groups in total. The summed E-state index contributed by atoms with van der Waals surface area (Å²) in [4.78, 5) is 4.87. The Morgan fingerprint density at radius 2 is 2.31 bits per heavy atom. The van der Waals surface area contributed by atoms with Gasteiger partial charge in [-0.3, -0.25) is 0 Å². The predicted octanol–water partition coefficient (Wildman–Crippen LogP) is 2.52. The number of hydroxylamine groups is 1. The average Bonchev–Trinajstić information content (AvgIpc) is 2.13. The van der Waals surface area contributed by atoms with Gasteiger partial charge in [-0.15, -0.1) is 0 Å². The van der Waals surface area contributed by atoms with Crippen LogP contribution in [0.3, 0.4) is 0 Å². The molecule has 0 spiro atoms. The van der Waals surface area contributed by atoms with E-state index in [0.717, 1.165) is 0 Å². The number of hydrogen-bond donors (Lipinski definition) is 1. The molecule has 0 aliphatic carbocycles. The van der Waals surface area contributed by atoms with Crippen LogP contribution in [0.15, 0.2) is 18.2 Å². The van der Waals surface area contributed by atoms with Crippen LogP contribution in [0.2, 0.25) is 5.02 Å². The second kappa shape index (κ2) is 5.17. The van der Waals surface area contributed by atoms with Crippen molar-refractivity contribution >= 4 is 11.6 Å². The van der Waals surface area contributed by atoms with Gasteiger partial charge in [0.25, 0.3) is 0 Å². The first kappa shape index (κ1) is 10.4. The van der Waals surface area contributed by atoms with Crippen molar-refractivity contribution in [3.63, 3.8) is 0 Å². The Hall–Kier alpha value is -0.640. The fourth-order valence-electron chi connectivity index (χ4n) is 0.916. The monoisotopic (exact) mass is 203 g/mol. The molecular formula is C9H11ClFNO. The summed E-state index contributed by atoms with van der Waals surface area (Å²) in [6.45, 7) is 2.71. The molecule has 0 atom stereocenters. The van der Waals surface area contributed by atoms with E-state index >= 15 is 0 Å². The number of benzene rings is 1. The predicted molar refractivity (Wildman–Crippen MR) is 49.9 cm³/mol. The van der Waals surface area contributed by atoms with E-state index in [1.165, 1.54) is 6.07 Å². The summed E-state index contributed by atoms with van der Waals surface area (Å²) in [7, 11) is 0. The molecule has 0 heterocycles. The van der Waals surface area contributed by atoms with Gasteiger partial charge in [0, 0.05) is 12.1 Å². The lowest BCUT2D eigenvalue weighted by Gasteiger charge is -2.05. The zero-order valence-electron chi connectivity index (χ0n) is 7.31. The Labute approximate surface area is 81.6 Å². The number of hydrogen-bond acceptors (Lipinski definition) is 2. The van der Waals surface area contributed by atoms with Gasteiger partial charge in [0.15, 0.2) is 0 Å². The molecule has 1 aromatic carbocycles. The summed E-state index contributed by atoms with van der Waals surface area (Å²) >= 11 is 5.58. The first-order valence-electron chi connectivity index (χ1n) is 4.03. The summed E-state index contributed by atoms with van der Waals surface area (Å²) in [5.74, 6) is -0.392. The molecule has 0 fully saturated rings. The topological polar surface area (TPSA) is 21.3 Å². The first-order valence-corrected chi connectivity index (χ1v) is 4.41. The minimum Gasteiger partial charge on any atom is -0.302 e. The van der Waals surface area contributed by atoms with Gasteiger partial charge in [0.05, 0.1) is 11.6 Å². The van der Waals surface area contributed by atoms with E-state index in [9.17, 15) is 4.39 Å². The third-order valence-corrected chi connectivity index (χ3v) is 1.83. The molecule has 0 aliphatic rings. The summed E-state index contributed by atoms with van der Waals surface area (Å²) in [6, 6.07) is 4.88. The fourth-order valence-corrected chi connectivity index (χ4v) is 1.11. The summed E-state index contributed by atoms with van der Waals surface area (Å²) < 4.78 is 13.2. The largest absolute Gasteiger partial charge is 0.302 e. The van der Waals surface area contributed by atoms with Gasteiger partial charge in [-0.05, 0) is 13.0 Å². The van der Waals surface area contributed by atoms with Gasteiger partial charge in [-0.2, -0.15) is 5.48 Å². The van der Waals surface area contributed by atoms with Crippen molar-refractivity contribution in [2.75, 3.05) is 6.61 Å². The lowest BCUT2D eigenvalue weighted by Crippen LogP contribution is -2.14. The highest BCUT2D eigenvalue weighted by Crippen LogP contribution is 2.17. The average molecular weight is 204 g/mol. The van der Waals surface area contributed by atoms with Crippen LogP contribution in [-0.2, 0) is 11.4 Å². The quantitative estimate of drug-likeness (QED) is 0.600. The zero-order valence-corrected chi connectivity index (χ0v) is 8.07. The van der Waals surface area contributed by atoms with Crippen LogP contribution < -0.4 is 5.48 Å². The van der Waals surface area contributed by atoms with E-state index in [4.69, 9.17) is 16.4 Å². The Morgan fingerprint density at radius 3 is 3.00 bits per heavy atom. The number of halogens is 2. The highest BCUT2D eigenvalue weighted by molar-refractivity contribution is 6.30. The molecule has 0 saturated heterocycles. The Bertz CT molecular complexity index is 280. The maximum absolute atomic E-state index is 13.2. The van der Waals surface area contributed by atoms with Crippen molar-refractivity contribution in [3.8, 4) is 0 Å². The summed E-state index contributed by atoms with van der Waals surface area (Å²) in [6.07, 6.45) is 0. The third kappa shape index (κ3) is 2.95. The second-order valence-corrected chi connectivity index (χ2v) is 2.87. The van der Waals surface area contributed by atoms with Crippen LogP contribution in [0.4, 0.5) is 4.39 Å². The molecule has 0 bridgehead atoms. The van der Waals surface area contributed by atoms with Crippen LogP contribution >= 0.6 is 11.6 Å². The molecule has 0 unspecified atom stereocenters. The van der Waals surface area contributed by atoms with Gasteiger partial charge < -0.3 is 4.84 Å². The van der Waals surface area contributed by atoms with Crippen LogP contribution in [-0.4, -0.2) is 6.61 Å². The van der Waals surface area contributed by atoms with E-state index in [1.54, 1.807) is 12.1 Å². The molecule has 2 nitrogen and oxygen atoms in total. The van der Waals surface area contributed by atoms with Crippen LogP contribution in [0.5, 0.6) is 0 Å². The molecule has 0 amide bonds.